The van der Waals surface area contributed by atoms with E-state index >= 15 is 0 Å². The third-order valence-electron chi connectivity index (χ3n) is 5.03. The van der Waals surface area contributed by atoms with Gasteiger partial charge in [-0.2, -0.15) is 9.44 Å². The molecule has 11 heteroatoms. The second-order valence-corrected chi connectivity index (χ2v) is 12.5. The Labute approximate surface area is 191 Å². The van der Waals surface area contributed by atoms with Crippen molar-refractivity contribution < 1.29 is 26.7 Å². The minimum atomic E-state index is -4.51. The van der Waals surface area contributed by atoms with Crippen LogP contribution in [0.25, 0.3) is 5.57 Å². The quantitative estimate of drug-likeness (QED) is 0.490. The van der Waals surface area contributed by atoms with Crippen LogP contribution in [0.5, 0.6) is 0 Å². The lowest BCUT2D eigenvalue weighted by Gasteiger charge is -2.34. The van der Waals surface area contributed by atoms with Crippen LogP contribution >= 0.6 is 11.3 Å². The van der Waals surface area contributed by atoms with E-state index in [0.29, 0.717) is 0 Å². The van der Waals surface area contributed by atoms with Crippen molar-refractivity contribution in [1.29, 1.82) is 0 Å². The van der Waals surface area contributed by atoms with Gasteiger partial charge in [-0.15, -0.1) is 11.3 Å². The first kappa shape index (κ1) is 24.3. The molecule has 1 aliphatic carbocycles. The van der Waals surface area contributed by atoms with Gasteiger partial charge in [0.15, 0.2) is 4.87 Å². The molecule has 1 heterocycles. The zero-order chi connectivity index (χ0) is 23.6. The van der Waals surface area contributed by atoms with Gasteiger partial charge in [-0.25, -0.2) is 16.8 Å². The summed E-state index contributed by atoms with van der Waals surface area (Å²) < 4.78 is 57.3. The average molecular weight is 497 g/mol. The molecule has 1 unspecified atom stereocenters. The Balaban J connectivity index is 2.04. The lowest BCUT2D eigenvalue weighted by atomic mass is 9.97. The zero-order valence-corrected chi connectivity index (χ0v) is 19.9. The van der Waals surface area contributed by atoms with Crippen molar-refractivity contribution in [3.05, 3.63) is 71.6 Å². The van der Waals surface area contributed by atoms with E-state index in [9.17, 15) is 26.7 Å². The van der Waals surface area contributed by atoms with Crippen molar-refractivity contribution in [3.63, 3.8) is 0 Å². The van der Waals surface area contributed by atoms with Crippen molar-refractivity contribution in [1.82, 2.24) is 9.44 Å². The highest BCUT2D eigenvalue weighted by atomic mass is 32.2. The van der Waals surface area contributed by atoms with Crippen LogP contribution in [-0.4, -0.2) is 38.8 Å². The number of benzene rings is 1. The van der Waals surface area contributed by atoms with Crippen molar-refractivity contribution in [2.75, 3.05) is 0 Å². The van der Waals surface area contributed by atoms with Gasteiger partial charge in [-0.05, 0) is 34.6 Å². The van der Waals surface area contributed by atoms with Gasteiger partial charge in [0, 0.05) is 6.42 Å². The summed E-state index contributed by atoms with van der Waals surface area (Å²) in [4.78, 5) is 9.52. The summed E-state index contributed by atoms with van der Waals surface area (Å²) in [5, 5.41) is 11.0. The summed E-state index contributed by atoms with van der Waals surface area (Å²) in [6.07, 6.45) is 4.19. The van der Waals surface area contributed by atoms with Gasteiger partial charge in [-0.3, -0.25) is 4.79 Å². The molecular weight excluding hydrogens is 472 g/mol. The minimum Gasteiger partial charge on any atom is -0.480 e. The smallest absolute Gasteiger partial charge is 0.321 e. The van der Waals surface area contributed by atoms with Crippen LogP contribution in [0.4, 0.5) is 0 Å². The number of carbonyl (C=O) groups is 1. The molecule has 0 bridgehead atoms. The van der Waals surface area contributed by atoms with Gasteiger partial charge in [-0.1, -0.05) is 62.4 Å². The van der Waals surface area contributed by atoms with E-state index in [1.165, 1.54) is 18.2 Å². The summed E-state index contributed by atoms with van der Waals surface area (Å²) in [5.41, 5.74) is 1.57. The van der Waals surface area contributed by atoms with Gasteiger partial charge < -0.3 is 5.11 Å². The van der Waals surface area contributed by atoms with Crippen LogP contribution in [0.3, 0.4) is 0 Å². The van der Waals surface area contributed by atoms with Crippen molar-refractivity contribution in [2.45, 2.75) is 35.4 Å². The molecule has 2 aromatic rings. The first-order valence-corrected chi connectivity index (χ1v) is 13.6. The van der Waals surface area contributed by atoms with Crippen LogP contribution in [0.1, 0.15) is 25.8 Å². The van der Waals surface area contributed by atoms with E-state index in [2.05, 4.69) is 9.44 Å². The molecule has 32 heavy (non-hydrogen) atoms. The fourth-order valence-electron chi connectivity index (χ4n) is 3.23. The van der Waals surface area contributed by atoms with E-state index in [1.807, 2.05) is 30.3 Å². The molecule has 0 radical (unpaired) electrons. The Kier molecular flexibility index (Phi) is 7.06. The van der Waals surface area contributed by atoms with Crippen LogP contribution in [0.2, 0.25) is 0 Å². The molecule has 8 nitrogen and oxygen atoms in total. The van der Waals surface area contributed by atoms with Gasteiger partial charge >= 0.3 is 5.97 Å². The second-order valence-electron chi connectivity index (χ2n) is 7.67. The summed E-state index contributed by atoms with van der Waals surface area (Å²) in [6, 6.07) is 10.7. The normalized spacial score (nSPS) is 20.2. The van der Waals surface area contributed by atoms with Gasteiger partial charge in [0.25, 0.3) is 10.0 Å². The van der Waals surface area contributed by atoms with Gasteiger partial charge in [0.2, 0.25) is 10.0 Å². The summed E-state index contributed by atoms with van der Waals surface area (Å²) in [5.74, 6) is -1.91. The molecule has 2 atom stereocenters. The van der Waals surface area contributed by atoms with Crippen LogP contribution in [-0.2, 0) is 24.8 Å². The molecule has 0 saturated heterocycles. The summed E-state index contributed by atoms with van der Waals surface area (Å²) >= 11 is 0.950. The molecule has 0 aliphatic heterocycles. The Morgan fingerprint density at radius 3 is 2.28 bits per heavy atom. The Hall–Kier alpha value is -2.31. The number of nitrogens with one attached hydrogen (secondary N) is 2. The number of thiophene rings is 1. The van der Waals surface area contributed by atoms with Gasteiger partial charge in [0.1, 0.15) is 10.3 Å². The third kappa shape index (κ3) is 5.02. The molecular formula is C21H24N2O6S3. The number of sulfonamides is 2. The Bertz CT molecular complexity index is 1230. The maximum Gasteiger partial charge on any atom is 0.321 e. The molecule has 1 aromatic heterocycles. The molecule has 3 rings (SSSR count). The predicted molar refractivity (Wildman–Crippen MR) is 124 cm³/mol. The topological polar surface area (TPSA) is 130 Å². The summed E-state index contributed by atoms with van der Waals surface area (Å²) in [7, 11) is -8.71. The molecule has 0 fully saturated rings. The first-order chi connectivity index (χ1) is 15.0. The van der Waals surface area contributed by atoms with Crippen LogP contribution < -0.4 is 9.44 Å². The number of aliphatic carboxylic acids is 1. The molecule has 3 N–H and O–H groups in total. The SMILES string of the molecule is CC(C)[C@@H](NS(=O)(=O)C1(NS(=O)(=O)c2cccs2)C=CC(c2ccccc2)=CC1)C(=O)O. The maximum absolute atomic E-state index is 13.4. The van der Waals surface area contributed by atoms with E-state index in [4.69, 9.17) is 0 Å². The molecule has 1 aromatic carbocycles. The number of carboxylic acids is 1. The minimum absolute atomic E-state index is 0.0445. The zero-order valence-electron chi connectivity index (χ0n) is 17.4. The molecule has 0 amide bonds. The van der Waals surface area contributed by atoms with E-state index in [0.717, 1.165) is 22.5 Å². The Morgan fingerprint density at radius 1 is 1.09 bits per heavy atom. The Morgan fingerprint density at radius 2 is 1.78 bits per heavy atom. The summed E-state index contributed by atoms with van der Waals surface area (Å²) in [6.45, 7) is 3.13. The predicted octanol–water partition coefficient (Wildman–Crippen LogP) is 2.79. The molecule has 1 aliphatic rings. The molecule has 172 valence electrons. The van der Waals surface area contributed by atoms with E-state index in [-0.39, 0.29) is 10.6 Å². The number of hydrogen-bond acceptors (Lipinski definition) is 6. The number of carboxylic acid groups (broad SMARTS) is 1. The van der Waals surface area contributed by atoms with Crippen molar-refractivity contribution in [3.8, 4) is 0 Å². The second kappa shape index (κ2) is 9.28. The van der Waals surface area contributed by atoms with E-state index < -0.39 is 42.8 Å². The third-order valence-corrected chi connectivity index (χ3v) is 9.99. The standard InChI is InChI=1S/C21H24N2O6S3/c1-15(2)19(20(24)25)22-32(28,29)21(23-31(26,27)18-9-6-14-30-18)12-10-17(11-13-21)16-7-4-3-5-8-16/h3-12,14-15,19,22-23H,13H2,1-2H3,(H,24,25)/t19-,21?/m1/s1. The average Bonchev–Trinajstić information content (AvgIpc) is 3.28. The highest BCUT2D eigenvalue weighted by Gasteiger charge is 2.47. The highest BCUT2D eigenvalue weighted by molar-refractivity contribution is 7.95. The van der Waals surface area contributed by atoms with Crippen molar-refractivity contribution >= 4 is 42.9 Å². The van der Waals surface area contributed by atoms with Crippen LogP contribution in [0, 0.1) is 5.92 Å². The lowest BCUT2D eigenvalue weighted by Crippen LogP contribution is -2.60. The number of rotatable bonds is 9. The number of allylic oxidation sites excluding steroid dienone is 2. The highest BCUT2D eigenvalue weighted by Crippen LogP contribution is 2.33. The molecule has 0 spiro atoms. The first-order valence-electron chi connectivity index (χ1n) is 9.74. The lowest BCUT2D eigenvalue weighted by molar-refractivity contribution is -0.140. The monoisotopic (exact) mass is 496 g/mol. The fourth-order valence-corrected chi connectivity index (χ4v) is 7.68. The maximum atomic E-state index is 13.4. The largest absolute Gasteiger partial charge is 0.480 e. The fraction of sp³-hybridized carbons (Fsp3) is 0.286. The van der Waals surface area contributed by atoms with Crippen LogP contribution in [0.15, 0.2) is 70.3 Å². The van der Waals surface area contributed by atoms with Gasteiger partial charge in [0.05, 0.1) is 0 Å². The molecule has 0 saturated carbocycles. The van der Waals surface area contributed by atoms with E-state index in [1.54, 1.807) is 31.4 Å². The number of hydrogen-bond donors (Lipinski definition) is 3. The van der Waals surface area contributed by atoms with Crippen molar-refractivity contribution in [2.24, 2.45) is 5.92 Å².